The van der Waals surface area contributed by atoms with Gasteiger partial charge >= 0.3 is 0 Å². The summed E-state index contributed by atoms with van der Waals surface area (Å²) in [6, 6.07) is 6.60. The number of hydrogen-bond acceptors (Lipinski definition) is 5. The van der Waals surface area contributed by atoms with Crippen molar-refractivity contribution >= 4 is 5.82 Å². The van der Waals surface area contributed by atoms with E-state index in [9.17, 15) is 4.39 Å². The second kappa shape index (κ2) is 6.91. The predicted molar refractivity (Wildman–Crippen MR) is 85.0 cm³/mol. The molecule has 1 aliphatic rings. The van der Waals surface area contributed by atoms with Gasteiger partial charge in [0.2, 0.25) is 0 Å². The highest BCUT2D eigenvalue weighted by Crippen LogP contribution is 2.34. The van der Waals surface area contributed by atoms with Crippen LogP contribution in [0.4, 0.5) is 10.2 Å². The maximum atomic E-state index is 13.4. The van der Waals surface area contributed by atoms with Gasteiger partial charge in [-0.1, -0.05) is 6.07 Å². The van der Waals surface area contributed by atoms with Crippen LogP contribution in [0, 0.1) is 12.7 Å². The normalized spacial score (nSPS) is 17.1. The van der Waals surface area contributed by atoms with E-state index in [4.69, 9.17) is 9.47 Å². The van der Waals surface area contributed by atoms with E-state index < -0.39 is 0 Å². The highest BCUT2D eigenvalue weighted by molar-refractivity contribution is 5.44. The zero-order valence-electron chi connectivity index (χ0n) is 13.3. The number of rotatable bonds is 4. The van der Waals surface area contributed by atoms with Gasteiger partial charge in [0.1, 0.15) is 24.0 Å². The lowest BCUT2D eigenvalue weighted by Crippen LogP contribution is -2.13. The molecule has 1 N–H and O–H groups in total. The third-order valence-corrected chi connectivity index (χ3v) is 3.74. The third kappa shape index (κ3) is 3.76. The molecule has 0 fully saturated rings. The van der Waals surface area contributed by atoms with Crippen LogP contribution in [0.25, 0.3) is 0 Å². The highest BCUT2D eigenvalue weighted by atomic mass is 19.1. The maximum absolute atomic E-state index is 13.4. The highest BCUT2D eigenvalue weighted by Gasteiger charge is 2.21. The lowest BCUT2D eigenvalue weighted by Gasteiger charge is -2.19. The molecule has 1 unspecified atom stereocenters. The zero-order chi connectivity index (χ0) is 16.2. The third-order valence-electron chi connectivity index (χ3n) is 3.74. The van der Waals surface area contributed by atoms with E-state index >= 15 is 0 Å². The van der Waals surface area contributed by atoms with Crippen molar-refractivity contribution in [2.24, 2.45) is 0 Å². The molecule has 0 saturated heterocycles. The van der Waals surface area contributed by atoms with Crippen LogP contribution in [0.15, 0.2) is 24.3 Å². The van der Waals surface area contributed by atoms with Crippen LogP contribution in [0.5, 0.6) is 5.75 Å². The number of aryl methyl sites for hydroxylation is 1. The first kappa shape index (κ1) is 15.7. The number of fused-ring (bicyclic) bond motifs is 1. The van der Waals surface area contributed by atoms with Crippen molar-refractivity contribution in [1.82, 2.24) is 9.97 Å². The molecule has 23 heavy (non-hydrogen) atoms. The molecule has 2 heterocycles. The predicted octanol–water partition coefficient (Wildman–Crippen LogP) is 3.40. The van der Waals surface area contributed by atoms with Crippen LogP contribution in [0.1, 0.15) is 36.0 Å². The van der Waals surface area contributed by atoms with Gasteiger partial charge in [-0.25, -0.2) is 14.4 Å². The van der Waals surface area contributed by atoms with E-state index in [-0.39, 0.29) is 11.9 Å². The quantitative estimate of drug-likeness (QED) is 0.936. The Morgan fingerprint density at radius 2 is 2.22 bits per heavy atom. The minimum atomic E-state index is -0.287. The molecule has 1 aromatic carbocycles. The molecule has 0 amide bonds. The van der Waals surface area contributed by atoms with Crippen LogP contribution < -0.4 is 10.1 Å². The summed E-state index contributed by atoms with van der Waals surface area (Å²) in [5, 5.41) is 3.43. The number of nitrogens with one attached hydrogen (secondary N) is 1. The Hall–Kier alpha value is -2.21. The summed E-state index contributed by atoms with van der Waals surface area (Å²) in [5.74, 6) is 1.69. The molecule has 5 nitrogen and oxygen atoms in total. The molecule has 1 aromatic heterocycles. The summed E-state index contributed by atoms with van der Waals surface area (Å²) >= 11 is 0. The Balaban J connectivity index is 1.88. The number of benzene rings is 1. The summed E-state index contributed by atoms with van der Waals surface area (Å²) in [4.78, 5) is 8.82. The first-order chi connectivity index (χ1) is 11.2. The number of aromatic nitrogens is 2. The number of methoxy groups -OCH3 is 1. The number of ether oxygens (including phenoxy) is 2. The molecule has 0 spiro atoms. The standard InChI is InChI=1S/C17H20FN3O2/c1-11-8-16(21-17(19-11)10-22-2)20-14-4-3-7-23-15-9-12(18)5-6-13(14)15/h5-6,8-9,14H,3-4,7,10H2,1-2H3,(H,19,20,21). The zero-order valence-corrected chi connectivity index (χ0v) is 13.3. The van der Waals surface area contributed by atoms with Crippen molar-refractivity contribution < 1.29 is 13.9 Å². The largest absolute Gasteiger partial charge is 0.493 e. The van der Waals surface area contributed by atoms with E-state index in [1.165, 1.54) is 12.1 Å². The van der Waals surface area contributed by atoms with Crippen molar-refractivity contribution in [2.45, 2.75) is 32.4 Å². The molecular weight excluding hydrogens is 297 g/mol. The van der Waals surface area contributed by atoms with Crippen molar-refractivity contribution in [1.29, 1.82) is 0 Å². The first-order valence-corrected chi connectivity index (χ1v) is 7.68. The molecular formula is C17H20FN3O2. The molecule has 0 saturated carbocycles. The minimum absolute atomic E-state index is 0.0257. The second-order valence-electron chi connectivity index (χ2n) is 5.61. The Kier molecular flexibility index (Phi) is 4.71. The van der Waals surface area contributed by atoms with Gasteiger partial charge in [-0.2, -0.15) is 0 Å². The second-order valence-corrected chi connectivity index (χ2v) is 5.61. The Bertz CT molecular complexity index is 694. The number of halogens is 1. The van der Waals surface area contributed by atoms with Crippen LogP contribution >= 0.6 is 0 Å². The maximum Gasteiger partial charge on any atom is 0.156 e. The van der Waals surface area contributed by atoms with Crippen molar-refractivity contribution in [3.05, 3.63) is 47.2 Å². The molecule has 0 aliphatic carbocycles. The average molecular weight is 317 g/mol. The van der Waals surface area contributed by atoms with Crippen molar-refractivity contribution in [2.75, 3.05) is 19.0 Å². The fraction of sp³-hybridized carbons (Fsp3) is 0.412. The van der Waals surface area contributed by atoms with Gasteiger partial charge in [-0.3, -0.25) is 0 Å². The monoisotopic (exact) mass is 317 g/mol. The van der Waals surface area contributed by atoms with Gasteiger partial charge in [-0.05, 0) is 25.8 Å². The van der Waals surface area contributed by atoms with Crippen molar-refractivity contribution in [3.8, 4) is 5.75 Å². The smallest absolute Gasteiger partial charge is 0.156 e. The SMILES string of the molecule is COCc1nc(C)cc(NC2CCCOc3cc(F)ccc32)n1. The summed E-state index contributed by atoms with van der Waals surface area (Å²) in [7, 11) is 1.62. The molecule has 1 atom stereocenters. The summed E-state index contributed by atoms with van der Waals surface area (Å²) < 4.78 is 24.2. The topological polar surface area (TPSA) is 56.3 Å². The molecule has 6 heteroatoms. The van der Waals surface area contributed by atoms with Crippen LogP contribution in [-0.4, -0.2) is 23.7 Å². The van der Waals surface area contributed by atoms with Gasteiger partial charge < -0.3 is 14.8 Å². The van der Waals surface area contributed by atoms with Gasteiger partial charge in [-0.15, -0.1) is 0 Å². The van der Waals surface area contributed by atoms with Gasteiger partial charge in [0, 0.05) is 30.5 Å². The molecule has 0 radical (unpaired) electrons. The van der Waals surface area contributed by atoms with E-state index in [0.29, 0.717) is 24.8 Å². The molecule has 122 valence electrons. The Morgan fingerprint density at radius 1 is 1.35 bits per heavy atom. The lowest BCUT2D eigenvalue weighted by atomic mass is 10.0. The van der Waals surface area contributed by atoms with Crippen LogP contribution in [-0.2, 0) is 11.3 Å². The summed E-state index contributed by atoms with van der Waals surface area (Å²) in [6.45, 7) is 2.88. The Labute approximate surface area is 134 Å². The van der Waals surface area contributed by atoms with E-state index in [1.807, 2.05) is 13.0 Å². The number of nitrogens with zero attached hydrogens (tertiary/aromatic N) is 2. The average Bonchev–Trinajstić information content (AvgIpc) is 2.69. The van der Waals surface area contributed by atoms with Gasteiger partial charge in [0.05, 0.1) is 12.6 Å². The van der Waals surface area contributed by atoms with Crippen molar-refractivity contribution in [3.63, 3.8) is 0 Å². The fourth-order valence-electron chi connectivity index (χ4n) is 2.77. The summed E-state index contributed by atoms with van der Waals surface area (Å²) in [6.07, 6.45) is 1.78. The van der Waals surface area contributed by atoms with E-state index in [2.05, 4.69) is 15.3 Å². The summed E-state index contributed by atoms with van der Waals surface area (Å²) in [5.41, 5.74) is 1.83. The lowest BCUT2D eigenvalue weighted by molar-refractivity contribution is 0.177. The fourth-order valence-corrected chi connectivity index (χ4v) is 2.77. The molecule has 2 aromatic rings. The molecule has 1 aliphatic heterocycles. The molecule has 0 bridgehead atoms. The number of hydrogen-bond donors (Lipinski definition) is 1. The van der Waals surface area contributed by atoms with Crippen LogP contribution in [0.3, 0.4) is 0 Å². The van der Waals surface area contributed by atoms with Crippen LogP contribution in [0.2, 0.25) is 0 Å². The Morgan fingerprint density at radius 3 is 3.04 bits per heavy atom. The van der Waals surface area contributed by atoms with E-state index in [0.717, 1.165) is 29.9 Å². The first-order valence-electron chi connectivity index (χ1n) is 7.68. The number of anilines is 1. The minimum Gasteiger partial charge on any atom is -0.493 e. The van der Waals surface area contributed by atoms with Gasteiger partial charge in [0.15, 0.2) is 5.82 Å². The molecule has 3 rings (SSSR count). The van der Waals surface area contributed by atoms with E-state index in [1.54, 1.807) is 13.2 Å². The van der Waals surface area contributed by atoms with Gasteiger partial charge in [0.25, 0.3) is 0 Å².